The van der Waals surface area contributed by atoms with E-state index < -0.39 is 0 Å². The number of hydrazone groups is 1. The maximum atomic E-state index is 12.0. The lowest BCUT2D eigenvalue weighted by molar-refractivity contribution is -0.122. The van der Waals surface area contributed by atoms with Crippen LogP contribution in [0.15, 0.2) is 59.7 Å². The van der Waals surface area contributed by atoms with Crippen molar-refractivity contribution in [3.63, 3.8) is 0 Å². The smallest absolute Gasteiger partial charge is 0.254 e. The summed E-state index contributed by atoms with van der Waals surface area (Å²) in [6, 6.07) is 17.8. The first-order chi connectivity index (χ1) is 12.7. The SMILES string of the molecule is O=C(CN1CCN(Cc2ccccc2)CC1)N/N=C/c1cccc(Cl)c1. The number of nitrogens with one attached hydrogen (secondary N) is 1. The lowest BCUT2D eigenvalue weighted by Crippen LogP contribution is -2.48. The van der Waals surface area contributed by atoms with Crippen LogP contribution < -0.4 is 5.43 Å². The maximum absolute atomic E-state index is 12.0. The van der Waals surface area contributed by atoms with Gasteiger partial charge >= 0.3 is 0 Å². The highest BCUT2D eigenvalue weighted by molar-refractivity contribution is 6.30. The highest BCUT2D eigenvalue weighted by Crippen LogP contribution is 2.09. The number of halogens is 1. The molecule has 1 N–H and O–H groups in total. The Kier molecular flexibility index (Phi) is 6.77. The molecule has 2 aromatic rings. The summed E-state index contributed by atoms with van der Waals surface area (Å²) < 4.78 is 0. The fourth-order valence-electron chi connectivity index (χ4n) is 2.95. The molecule has 0 atom stereocenters. The van der Waals surface area contributed by atoms with Gasteiger partial charge in [0.2, 0.25) is 0 Å². The minimum Gasteiger partial charge on any atom is -0.297 e. The van der Waals surface area contributed by atoms with Gasteiger partial charge in [-0.2, -0.15) is 5.10 Å². The number of hydrogen-bond acceptors (Lipinski definition) is 4. The topological polar surface area (TPSA) is 47.9 Å². The van der Waals surface area contributed by atoms with Crippen molar-refractivity contribution >= 4 is 23.7 Å². The van der Waals surface area contributed by atoms with Gasteiger partial charge in [0.25, 0.3) is 5.91 Å². The average molecular weight is 371 g/mol. The predicted octanol–water partition coefficient (Wildman–Crippen LogP) is 2.61. The van der Waals surface area contributed by atoms with Gasteiger partial charge in [-0.05, 0) is 23.3 Å². The summed E-state index contributed by atoms with van der Waals surface area (Å²) in [7, 11) is 0. The Balaban J connectivity index is 1.38. The fourth-order valence-corrected chi connectivity index (χ4v) is 3.15. The molecule has 2 aromatic carbocycles. The van der Waals surface area contributed by atoms with Crippen LogP contribution in [0.25, 0.3) is 0 Å². The number of rotatable bonds is 6. The van der Waals surface area contributed by atoms with Gasteiger partial charge in [0.05, 0.1) is 12.8 Å². The fraction of sp³-hybridized carbons (Fsp3) is 0.300. The predicted molar refractivity (Wildman–Crippen MR) is 105 cm³/mol. The van der Waals surface area contributed by atoms with Gasteiger partial charge in [-0.25, -0.2) is 5.43 Å². The van der Waals surface area contributed by atoms with Gasteiger partial charge in [0, 0.05) is 37.7 Å². The van der Waals surface area contributed by atoms with Crippen LogP contribution in [0.1, 0.15) is 11.1 Å². The molecule has 1 aliphatic rings. The third-order valence-corrected chi connectivity index (χ3v) is 4.57. The molecular weight excluding hydrogens is 348 g/mol. The molecule has 0 unspecified atom stereocenters. The van der Waals surface area contributed by atoms with Crippen LogP contribution in [0.2, 0.25) is 5.02 Å². The van der Waals surface area contributed by atoms with E-state index in [0.717, 1.165) is 38.3 Å². The standard InChI is InChI=1S/C20H23ClN4O/c21-19-8-4-7-18(13-19)14-22-23-20(26)16-25-11-9-24(10-12-25)15-17-5-2-1-3-6-17/h1-8,13-14H,9-12,15-16H2,(H,23,26)/b22-14+. The summed E-state index contributed by atoms with van der Waals surface area (Å²) in [5, 5.41) is 4.65. The number of carbonyl (C=O) groups excluding carboxylic acids is 1. The molecule has 6 heteroatoms. The van der Waals surface area contributed by atoms with Gasteiger partial charge in [0.1, 0.15) is 0 Å². The zero-order valence-electron chi connectivity index (χ0n) is 14.6. The van der Waals surface area contributed by atoms with Crippen LogP contribution in [-0.2, 0) is 11.3 Å². The second-order valence-corrected chi connectivity index (χ2v) is 6.82. The maximum Gasteiger partial charge on any atom is 0.254 e. The van der Waals surface area contributed by atoms with Gasteiger partial charge in [-0.15, -0.1) is 0 Å². The molecule has 1 heterocycles. The van der Waals surface area contributed by atoms with E-state index in [9.17, 15) is 4.79 Å². The molecule has 0 bridgehead atoms. The molecule has 0 spiro atoms. The average Bonchev–Trinajstić information content (AvgIpc) is 2.64. The van der Waals surface area contributed by atoms with Crippen molar-refractivity contribution in [3.05, 3.63) is 70.7 Å². The molecule has 1 aliphatic heterocycles. The van der Waals surface area contributed by atoms with E-state index >= 15 is 0 Å². The van der Waals surface area contributed by atoms with Crippen molar-refractivity contribution in [1.29, 1.82) is 0 Å². The Morgan fingerprint density at radius 1 is 1.04 bits per heavy atom. The Morgan fingerprint density at radius 3 is 2.50 bits per heavy atom. The molecule has 0 radical (unpaired) electrons. The molecule has 0 aliphatic carbocycles. The van der Waals surface area contributed by atoms with Gasteiger partial charge in [0.15, 0.2) is 0 Å². The monoisotopic (exact) mass is 370 g/mol. The third kappa shape index (κ3) is 5.95. The number of amides is 1. The van der Waals surface area contributed by atoms with Crippen molar-refractivity contribution in [1.82, 2.24) is 15.2 Å². The minimum absolute atomic E-state index is 0.0974. The van der Waals surface area contributed by atoms with E-state index in [-0.39, 0.29) is 5.91 Å². The number of carbonyl (C=O) groups is 1. The molecule has 0 aromatic heterocycles. The first-order valence-electron chi connectivity index (χ1n) is 8.75. The van der Waals surface area contributed by atoms with Crippen molar-refractivity contribution < 1.29 is 4.79 Å². The Bertz CT molecular complexity index is 742. The van der Waals surface area contributed by atoms with Gasteiger partial charge in [-0.3, -0.25) is 14.6 Å². The van der Waals surface area contributed by atoms with Gasteiger partial charge in [-0.1, -0.05) is 54.1 Å². The molecule has 5 nitrogen and oxygen atoms in total. The van der Waals surface area contributed by atoms with Gasteiger partial charge < -0.3 is 0 Å². The van der Waals surface area contributed by atoms with Crippen LogP contribution in [0.5, 0.6) is 0 Å². The summed E-state index contributed by atoms with van der Waals surface area (Å²) in [5.74, 6) is -0.0974. The number of hydrogen-bond donors (Lipinski definition) is 1. The van der Waals surface area contributed by atoms with Crippen LogP contribution in [0, 0.1) is 0 Å². The van der Waals surface area contributed by atoms with E-state index in [0.29, 0.717) is 11.6 Å². The van der Waals surface area contributed by atoms with Crippen molar-refractivity contribution in [2.75, 3.05) is 32.7 Å². The molecular formula is C20H23ClN4O. The summed E-state index contributed by atoms with van der Waals surface area (Å²) >= 11 is 5.92. The number of nitrogens with zero attached hydrogens (tertiary/aromatic N) is 3. The third-order valence-electron chi connectivity index (χ3n) is 4.33. The summed E-state index contributed by atoms with van der Waals surface area (Å²) in [5.41, 5.74) is 4.76. The Morgan fingerprint density at radius 2 is 1.77 bits per heavy atom. The van der Waals surface area contributed by atoms with Crippen LogP contribution in [0.4, 0.5) is 0 Å². The van der Waals surface area contributed by atoms with Crippen molar-refractivity contribution in [3.8, 4) is 0 Å². The van der Waals surface area contributed by atoms with E-state index in [2.05, 4.69) is 44.6 Å². The van der Waals surface area contributed by atoms with E-state index in [1.54, 1.807) is 18.3 Å². The zero-order chi connectivity index (χ0) is 18.2. The molecule has 0 saturated carbocycles. The quantitative estimate of drug-likeness (QED) is 0.628. The highest BCUT2D eigenvalue weighted by Gasteiger charge is 2.18. The van der Waals surface area contributed by atoms with Crippen LogP contribution in [0.3, 0.4) is 0 Å². The van der Waals surface area contributed by atoms with E-state index in [1.807, 2.05) is 18.2 Å². The molecule has 26 heavy (non-hydrogen) atoms. The molecule has 1 amide bonds. The summed E-state index contributed by atoms with van der Waals surface area (Å²) in [6.07, 6.45) is 1.60. The summed E-state index contributed by atoms with van der Waals surface area (Å²) in [6.45, 7) is 5.04. The number of benzene rings is 2. The highest BCUT2D eigenvalue weighted by atomic mass is 35.5. The molecule has 1 fully saturated rings. The minimum atomic E-state index is -0.0974. The zero-order valence-corrected chi connectivity index (χ0v) is 15.4. The Labute approximate surface area is 159 Å². The first-order valence-corrected chi connectivity index (χ1v) is 9.13. The Hall–Kier alpha value is -2.21. The van der Waals surface area contributed by atoms with E-state index in [1.165, 1.54) is 5.56 Å². The van der Waals surface area contributed by atoms with Crippen molar-refractivity contribution in [2.24, 2.45) is 5.10 Å². The van der Waals surface area contributed by atoms with E-state index in [4.69, 9.17) is 11.6 Å². The normalized spacial score (nSPS) is 16.0. The van der Waals surface area contributed by atoms with Crippen LogP contribution >= 0.6 is 11.6 Å². The van der Waals surface area contributed by atoms with Crippen molar-refractivity contribution in [2.45, 2.75) is 6.54 Å². The second-order valence-electron chi connectivity index (χ2n) is 6.39. The number of piperazine rings is 1. The second kappa shape index (κ2) is 9.48. The largest absolute Gasteiger partial charge is 0.297 e. The first kappa shape index (κ1) is 18.6. The lowest BCUT2D eigenvalue weighted by Gasteiger charge is -2.34. The van der Waals surface area contributed by atoms with Crippen LogP contribution in [-0.4, -0.2) is 54.6 Å². The molecule has 1 saturated heterocycles. The molecule has 3 rings (SSSR count). The molecule has 136 valence electrons. The summed E-state index contributed by atoms with van der Waals surface area (Å²) in [4.78, 5) is 16.6. The lowest BCUT2D eigenvalue weighted by atomic mass is 10.2.